The lowest BCUT2D eigenvalue weighted by Gasteiger charge is -2.45. The maximum absolute atomic E-state index is 13.7. The van der Waals surface area contributed by atoms with E-state index in [9.17, 15) is 22.8 Å². The van der Waals surface area contributed by atoms with Crippen molar-refractivity contribution >= 4 is 27.8 Å². The van der Waals surface area contributed by atoms with Crippen molar-refractivity contribution in [2.75, 3.05) is 26.2 Å². The second kappa shape index (κ2) is 11.1. The molecule has 1 fully saturated rings. The molecule has 42 heavy (non-hydrogen) atoms. The number of sulfonamides is 1. The van der Waals surface area contributed by atoms with Gasteiger partial charge in [0.05, 0.1) is 28.8 Å². The van der Waals surface area contributed by atoms with Gasteiger partial charge in [-0.2, -0.15) is 4.31 Å². The van der Waals surface area contributed by atoms with E-state index < -0.39 is 27.8 Å². The second-order valence-corrected chi connectivity index (χ2v) is 13.1. The number of carbonyl (C=O) groups excluding carboxylic acids is 3. The minimum Gasteiger partial charge on any atom is -0.460 e. The van der Waals surface area contributed by atoms with Crippen LogP contribution in [0.2, 0.25) is 0 Å². The van der Waals surface area contributed by atoms with E-state index in [0.717, 1.165) is 22.3 Å². The number of hydrogen-bond donors (Lipinski definition) is 0. The van der Waals surface area contributed by atoms with Crippen LogP contribution in [0.1, 0.15) is 71.1 Å². The van der Waals surface area contributed by atoms with Crippen molar-refractivity contribution in [3.8, 4) is 0 Å². The third kappa shape index (κ3) is 4.46. The zero-order valence-corrected chi connectivity index (χ0v) is 24.5. The largest absolute Gasteiger partial charge is 0.460 e. The summed E-state index contributed by atoms with van der Waals surface area (Å²) in [6.07, 6.45) is 1.41. The molecule has 8 nitrogen and oxygen atoms in total. The summed E-state index contributed by atoms with van der Waals surface area (Å²) in [7, 11) is -3.66. The fourth-order valence-electron chi connectivity index (χ4n) is 7.04. The number of ether oxygens (including phenoxy) is 1. The predicted molar refractivity (Wildman–Crippen MR) is 156 cm³/mol. The van der Waals surface area contributed by atoms with Gasteiger partial charge in [-0.05, 0) is 59.4 Å². The number of nitrogens with zero attached hydrogens (tertiary/aromatic N) is 2. The van der Waals surface area contributed by atoms with Crippen LogP contribution >= 0.6 is 0 Å². The fourth-order valence-corrected chi connectivity index (χ4v) is 8.66. The van der Waals surface area contributed by atoms with Crippen molar-refractivity contribution in [2.24, 2.45) is 11.8 Å². The lowest BCUT2D eigenvalue weighted by atomic mass is 9.55. The first-order valence-corrected chi connectivity index (χ1v) is 16.0. The molecule has 3 aromatic rings. The zero-order valence-electron chi connectivity index (χ0n) is 23.7. The monoisotopic (exact) mass is 586 g/mol. The molecule has 0 radical (unpaired) electrons. The molecule has 0 saturated carbocycles. The number of imide groups is 1. The molecule has 4 aliphatic rings. The minimum absolute atomic E-state index is 0.0298. The maximum Gasteiger partial charge on any atom is 0.338 e. The smallest absolute Gasteiger partial charge is 0.338 e. The molecule has 2 bridgehead atoms. The molecule has 1 aliphatic heterocycles. The molecule has 3 aliphatic carbocycles. The van der Waals surface area contributed by atoms with Crippen molar-refractivity contribution in [1.29, 1.82) is 0 Å². The molecule has 3 aromatic carbocycles. The molecular weight excluding hydrogens is 552 g/mol. The van der Waals surface area contributed by atoms with Crippen LogP contribution in [-0.4, -0.2) is 61.6 Å². The summed E-state index contributed by atoms with van der Waals surface area (Å²) >= 11 is 0. The molecular formula is C33H34N2O6S. The van der Waals surface area contributed by atoms with E-state index in [1.807, 2.05) is 38.1 Å². The Morgan fingerprint density at radius 1 is 0.762 bits per heavy atom. The molecule has 0 spiro atoms. The number of likely N-dealkylation sites (tertiary alicyclic amines) is 1. The van der Waals surface area contributed by atoms with E-state index in [1.165, 1.54) is 33.5 Å². The highest BCUT2D eigenvalue weighted by atomic mass is 32.2. The van der Waals surface area contributed by atoms with Gasteiger partial charge in [0.25, 0.3) is 0 Å². The summed E-state index contributed by atoms with van der Waals surface area (Å²) in [6, 6.07) is 21.8. The normalized spacial score (nSPS) is 22.2. The van der Waals surface area contributed by atoms with Gasteiger partial charge >= 0.3 is 5.97 Å². The fraction of sp³-hybridized carbons (Fsp3) is 0.364. The Labute approximate surface area is 246 Å². The van der Waals surface area contributed by atoms with Gasteiger partial charge in [0, 0.05) is 24.9 Å². The molecule has 1 heterocycles. The summed E-state index contributed by atoms with van der Waals surface area (Å²) in [5, 5.41) is 0. The molecule has 218 valence electrons. The lowest BCUT2D eigenvalue weighted by Crippen LogP contribution is -2.41. The summed E-state index contributed by atoms with van der Waals surface area (Å²) in [4.78, 5) is 41.5. The number of hydrogen-bond acceptors (Lipinski definition) is 6. The highest BCUT2D eigenvalue weighted by Crippen LogP contribution is 2.60. The van der Waals surface area contributed by atoms with Gasteiger partial charge < -0.3 is 4.74 Å². The first-order valence-electron chi connectivity index (χ1n) is 14.6. The van der Waals surface area contributed by atoms with E-state index in [2.05, 4.69) is 24.3 Å². The maximum atomic E-state index is 13.7. The van der Waals surface area contributed by atoms with Crippen LogP contribution in [-0.2, 0) is 24.3 Å². The average Bonchev–Trinajstić information content (AvgIpc) is 3.26. The Morgan fingerprint density at radius 3 is 1.64 bits per heavy atom. The van der Waals surface area contributed by atoms with Crippen LogP contribution in [0.15, 0.2) is 77.7 Å². The molecule has 9 heteroatoms. The third-order valence-electron chi connectivity index (χ3n) is 8.76. The Morgan fingerprint density at radius 2 is 1.21 bits per heavy atom. The Bertz CT molecular complexity index is 1530. The molecule has 2 atom stereocenters. The summed E-state index contributed by atoms with van der Waals surface area (Å²) in [5.74, 6) is -2.41. The predicted octanol–water partition coefficient (Wildman–Crippen LogP) is 4.55. The summed E-state index contributed by atoms with van der Waals surface area (Å²) in [5.41, 5.74) is 4.62. The van der Waals surface area contributed by atoms with Gasteiger partial charge in [-0.25, -0.2) is 13.2 Å². The first-order chi connectivity index (χ1) is 20.3. The van der Waals surface area contributed by atoms with Gasteiger partial charge in [-0.1, -0.05) is 62.4 Å². The van der Waals surface area contributed by atoms with Gasteiger partial charge in [0.15, 0.2) is 0 Å². The topological polar surface area (TPSA) is 101 Å². The Kier molecular flexibility index (Phi) is 7.49. The number of rotatable bonds is 10. The van der Waals surface area contributed by atoms with Crippen LogP contribution in [0.3, 0.4) is 0 Å². The number of amides is 2. The van der Waals surface area contributed by atoms with Crippen molar-refractivity contribution in [1.82, 2.24) is 9.21 Å². The Balaban J connectivity index is 1.14. The van der Waals surface area contributed by atoms with Gasteiger partial charge in [-0.3, -0.25) is 14.5 Å². The van der Waals surface area contributed by atoms with Crippen LogP contribution in [0.5, 0.6) is 0 Å². The van der Waals surface area contributed by atoms with E-state index in [0.29, 0.717) is 25.9 Å². The first kappa shape index (κ1) is 28.3. The van der Waals surface area contributed by atoms with E-state index >= 15 is 0 Å². The lowest BCUT2D eigenvalue weighted by molar-refractivity contribution is -0.140. The molecule has 0 aromatic heterocycles. The average molecular weight is 587 g/mol. The zero-order chi connectivity index (χ0) is 29.6. The van der Waals surface area contributed by atoms with Crippen molar-refractivity contribution < 1.29 is 27.5 Å². The van der Waals surface area contributed by atoms with E-state index in [-0.39, 0.29) is 47.3 Å². The Hall–Kier alpha value is -3.82. The number of benzene rings is 3. The summed E-state index contributed by atoms with van der Waals surface area (Å²) < 4.78 is 32.9. The van der Waals surface area contributed by atoms with Crippen LogP contribution in [0.4, 0.5) is 0 Å². The van der Waals surface area contributed by atoms with Crippen molar-refractivity contribution in [2.45, 2.75) is 43.4 Å². The van der Waals surface area contributed by atoms with Crippen LogP contribution < -0.4 is 0 Å². The molecule has 0 unspecified atom stereocenters. The standard InChI is InChI=1S/C33H34N2O6S/c1-3-17-34(18-4-2)42(39,40)22-15-13-21(14-16-22)33(38)41-20-19-35-31(36)29-27-23-9-5-6-10-24(23)28(30(29)32(35)37)26-12-8-7-11-25(26)27/h5-16,27-30H,3-4,17-20H2,1-2H3/t27?,28?,29-,30+. The number of esters is 1. The molecule has 2 amide bonds. The van der Waals surface area contributed by atoms with Gasteiger partial charge in [0.1, 0.15) is 6.61 Å². The molecule has 7 rings (SSSR count). The minimum atomic E-state index is -3.66. The quantitative estimate of drug-likeness (QED) is 0.255. The SMILES string of the molecule is CCCN(CCC)S(=O)(=O)c1ccc(C(=O)OCCN2C(=O)[C@@H]3C4c5ccccc5C(c5ccccc54)[C@@H]3C2=O)cc1. The third-order valence-corrected chi connectivity index (χ3v) is 10.7. The van der Waals surface area contributed by atoms with Crippen molar-refractivity contribution in [3.63, 3.8) is 0 Å². The highest BCUT2D eigenvalue weighted by molar-refractivity contribution is 7.89. The molecule has 0 N–H and O–H groups in total. The van der Waals surface area contributed by atoms with Crippen LogP contribution in [0.25, 0.3) is 0 Å². The van der Waals surface area contributed by atoms with E-state index in [4.69, 9.17) is 4.74 Å². The van der Waals surface area contributed by atoms with Gasteiger partial charge in [0.2, 0.25) is 21.8 Å². The van der Waals surface area contributed by atoms with E-state index in [1.54, 1.807) is 0 Å². The second-order valence-electron chi connectivity index (χ2n) is 11.2. The summed E-state index contributed by atoms with van der Waals surface area (Å²) in [6.45, 7) is 4.53. The van der Waals surface area contributed by atoms with Crippen LogP contribution in [0, 0.1) is 11.8 Å². The number of carbonyl (C=O) groups is 3. The highest BCUT2D eigenvalue weighted by Gasteiger charge is 2.61. The van der Waals surface area contributed by atoms with Gasteiger partial charge in [-0.15, -0.1) is 0 Å². The van der Waals surface area contributed by atoms with Crippen molar-refractivity contribution in [3.05, 3.63) is 101 Å². The molecule has 1 saturated heterocycles.